The van der Waals surface area contributed by atoms with Crippen LogP contribution in [0.1, 0.15) is 57.7 Å². The van der Waals surface area contributed by atoms with Gasteiger partial charge in [-0.1, -0.05) is 35.4 Å². The van der Waals surface area contributed by atoms with Crippen molar-refractivity contribution in [1.82, 2.24) is 0 Å². The maximum atomic E-state index is 11.1. The van der Waals surface area contributed by atoms with E-state index in [0.29, 0.717) is 22.6 Å². The monoisotopic (exact) mass is 394 g/mol. The van der Waals surface area contributed by atoms with Crippen LogP contribution < -0.4 is 0 Å². The quantitative estimate of drug-likeness (QED) is 0.584. The van der Waals surface area contributed by atoms with Crippen molar-refractivity contribution >= 4 is 5.97 Å². The highest BCUT2D eigenvalue weighted by molar-refractivity contribution is 5.65. The van der Waals surface area contributed by atoms with Crippen molar-refractivity contribution in [1.29, 1.82) is 0 Å². The van der Waals surface area contributed by atoms with Gasteiger partial charge in [0.05, 0.1) is 5.92 Å². The number of hydrogen-bond acceptors (Lipinski definition) is 5. The largest absolute Gasteiger partial charge is 0.507 e. The number of furan rings is 1. The zero-order valence-corrected chi connectivity index (χ0v) is 17.4. The summed E-state index contributed by atoms with van der Waals surface area (Å²) in [5, 5.41) is 21.7. The van der Waals surface area contributed by atoms with Gasteiger partial charge >= 0.3 is 5.97 Å². The number of benzene rings is 2. The summed E-state index contributed by atoms with van der Waals surface area (Å²) in [7, 11) is 0. The maximum absolute atomic E-state index is 11.1. The number of esters is 1. The van der Waals surface area contributed by atoms with E-state index in [-0.39, 0.29) is 18.1 Å². The molecule has 0 unspecified atom stereocenters. The third-order valence-corrected chi connectivity index (χ3v) is 4.96. The molecular formula is C24H26O5. The van der Waals surface area contributed by atoms with Crippen molar-refractivity contribution in [2.45, 2.75) is 47.1 Å². The number of phenols is 2. The Morgan fingerprint density at radius 2 is 1.45 bits per heavy atom. The molecule has 0 bridgehead atoms. The van der Waals surface area contributed by atoms with Crippen molar-refractivity contribution in [2.75, 3.05) is 0 Å². The lowest BCUT2D eigenvalue weighted by atomic mass is 9.84. The normalized spacial score (nSPS) is 11.1. The standard InChI is InChI=1S/C24H26O5/c1-13-8-15(3)23(26)19(10-13)22(20-11-14(2)9-16(4)24(20)27)21-7-6-18(29-21)12-28-17(5)25/h6-11,22,26-27H,12H2,1-5H3. The summed E-state index contributed by atoms with van der Waals surface area (Å²) in [5.41, 5.74) is 4.79. The van der Waals surface area contributed by atoms with Crippen LogP contribution in [0, 0.1) is 27.7 Å². The van der Waals surface area contributed by atoms with Crippen LogP contribution in [0.5, 0.6) is 11.5 Å². The van der Waals surface area contributed by atoms with Gasteiger partial charge in [0, 0.05) is 18.1 Å². The lowest BCUT2D eigenvalue weighted by molar-refractivity contribution is -0.142. The van der Waals surface area contributed by atoms with Gasteiger partial charge in [0.25, 0.3) is 0 Å². The Labute approximate surface area is 170 Å². The third kappa shape index (κ3) is 4.29. The Hall–Kier alpha value is -3.21. The number of carbonyl (C=O) groups excluding carboxylic acids is 1. The van der Waals surface area contributed by atoms with Crippen LogP contribution >= 0.6 is 0 Å². The van der Waals surface area contributed by atoms with E-state index in [2.05, 4.69) is 0 Å². The minimum absolute atomic E-state index is 0.0275. The van der Waals surface area contributed by atoms with Gasteiger partial charge in [-0.15, -0.1) is 0 Å². The van der Waals surface area contributed by atoms with Crippen molar-refractivity contribution in [2.24, 2.45) is 0 Å². The lowest BCUT2D eigenvalue weighted by Crippen LogP contribution is -2.06. The van der Waals surface area contributed by atoms with Crippen LogP contribution in [0.15, 0.2) is 40.8 Å². The molecule has 2 aromatic carbocycles. The minimum atomic E-state index is -0.515. The van der Waals surface area contributed by atoms with Gasteiger partial charge < -0.3 is 19.4 Å². The topological polar surface area (TPSA) is 79.9 Å². The van der Waals surface area contributed by atoms with E-state index in [4.69, 9.17) is 9.15 Å². The summed E-state index contributed by atoms with van der Waals surface area (Å²) < 4.78 is 11.0. The molecule has 0 aliphatic rings. The van der Waals surface area contributed by atoms with Gasteiger partial charge in [-0.05, 0) is 51.0 Å². The van der Waals surface area contributed by atoms with Crippen LogP contribution in [0.4, 0.5) is 0 Å². The smallest absolute Gasteiger partial charge is 0.303 e. The molecule has 0 fully saturated rings. The fourth-order valence-corrected chi connectivity index (χ4v) is 3.70. The molecule has 3 rings (SSSR count). The molecule has 0 amide bonds. The highest BCUT2D eigenvalue weighted by Gasteiger charge is 2.28. The number of rotatable bonds is 5. The van der Waals surface area contributed by atoms with Crippen LogP contribution in [-0.2, 0) is 16.1 Å². The molecule has 1 heterocycles. The molecular weight excluding hydrogens is 368 g/mol. The zero-order chi connectivity index (χ0) is 21.3. The van der Waals surface area contributed by atoms with E-state index < -0.39 is 11.9 Å². The van der Waals surface area contributed by atoms with Crippen LogP contribution in [0.3, 0.4) is 0 Å². The van der Waals surface area contributed by atoms with E-state index in [1.807, 2.05) is 52.0 Å². The SMILES string of the molecule is CC(=O)OCc1ccc(C(c2cc(C)cc(C)c2O)c2cc(C)cc(C)c2O)o1. The highest BCUT2D eigenvalue weighted by atomic mass is 16.5. The molecule has 2 N–H and O–H groups in total. The Bertz CT molecular complexity index is 1000. The predicted molar refractivity (Wildman–Crippen MR) is 110 cm³/mol. The lowest BCUT2D eigenvalue weighted by Gasteiger charge is -2.21. The second kappa shape index (κ2) is 8.03. The van der Waals surface area contributed by atoms with E-state index in [1.54, 1.807) is 12.1 Å². The predicted octanol–water partition coefficient (Wildman–Crippen LogP) is 5.17. The third-order valence-electron chi connectivity index (χ3n) is 4.96. The summed E-state index contributed by atoms with van der Waals surface area (Å²) >= 11 is 0. The average molecular weight is 394 g/mol. The fraction of sp³-hybridized carbons (Fsp3) is 0.292. The van der Waals surface area contributed by atoms with Crippen LogP contribution in [0.25, 0.3) is 0 Å². The molecule has 0 spiro atoms. The van der Waals surface area contributed by atoms with Gasteiger partial charge in [-0.3, -0.25) is 4.79 Å². The number of aryl methyl sites for hydroxylation is 4. The van der Waals surface area contributed by atoms with Crippen molar-refractivity contribution in [3.8, 4) is 11.5 Å². The molecule has 0 atom stereocenters. The van der Waals surface area contributed by atoms with E-state index in [9.17, 15) is 15.0 Å². The van der Waals surface area contributed by atoms with Crippen LogP contribution in [-0.4, -0.2) is 16.2 Å². The average Bonchev–Trinajstić information content (AvgIpc) is 3.10. The Morgan fingerprint density at radius 1 is 0.931 bits per heavy atom. The molecule has 3 aromatic rings. The first-order valence-corrected chi connectivity index (χ1v) is 9.49. The molecule has 152 valence electrons. The molecule has 5 nitrogen and oxygen atoms in total. The van der Waals surface area contributed by atoms with Gasteiger partial charge in [-0.25, -0.2) is 0 Å². The van der Waals surface area contributed by atoms with Crippen molar-refractivity contribution < 1.29 is 24.2 Å². The minimum Gasteiger partial charge on any atom is -0.507 e. The summed E-state index contributed by atoms with van der Waals surface area (Å²) in [5.74, 6) is 0.464. The molecule has 29 heavy (non-hydrogen) atoms. The summed E-state index contributed by atoms with van der Waals surface area (Å²) in [6, 6.07) is 11.1. The fourth-order valence-electron chi connectivity index (χ4n) is 3.70. The molecule has 0 saturated carbocycles. The number of carbonyl (C=O) groups is 1. The number of aromatic hydroxyl groups is 2. The van der Waals surface area contributed by atoms with Gasteiger partial charge in [0.1, 0.15) is 29.6 Å². The summed E-state index contributed by atoms with van der Waals surface area (Å²) in [6.07, 6.45) is 0. The van der Waals surface area contributed by atoms with E-state index in [0.717, 1.165) is 22.3 Å². The summed E-state index contributed by atoms with van der Waals surface area (Å²) in [4.78, 5) is 11.1. The first-order chi connectivity index (χ1) is 13.7. The highest BCUT2D eigenvalue weighted by Crippen LogP contribution is 2.43. The zero-order valence-electron chi connectivity index (χ0n) is 17.4. The van der Waals surface area contributed by atoms with Crippen molar-refractivity contribution in [3.05, 3.63) is 81.3 Å². The molecule has 0 radical (unpaired) electrons. The Kier molecular flexibility index (Phi) is 5.69. The van der Waals surface area contributed by atoms with E-state index >= 15 is 0 Å². The number of phenolic OH excluding ortho intramolecular Hbond substituents is 2. The molecule has 5 heteroatoms. The van der Waals surface area contributed by atoms with Gasteiger partial charge in [0.15, 0.2) is 0 Å². The molecule has 0 saturated heterocycles. The molecule has 0 aliphatic carbocycles. The second-order valence-corrected chi connectivity index (χ2v) is 7.56. The van der Waals surface area contributed by atoms with Crippen molar-refractivity contribution in [3.63, 3.8) is 0 Å². The van der Waals surface area contributed by atoms with Crippen LogP contribution in [0.2, 0.25) is 0 Å². The number of ether oxygens (including phenoxy) is 1. The first-order valence-electron chi connectivity index (χ1n) is 9.49. The van der Waals surface area contributed by atoms with Gasteiger partial charge in [0.2, 0.25) is 0 Å². The second-order valence-electron chi connectivity index (χ2n) is 7.56. The molecule has 1 aromatic heterocycles. The summed E-state index contributed by atoms with van der Waals surface area (Å²) in [6.45, 7) is 8.98. The van der Waals surface area contributed by atoms with Gasteiger partial charge in [-0.2, -0.15) is 0 Å². The Morgan fingerprint density at radius 3 is 1.93 bits per heavy atom. The van der Waals surface area contributed by atoms with E-state index in [1.165, 1.54) is 6.92 Å². The molecule has 0 aliphatic heterocycles. The maximum Gasteiger partial charge on any atom is 0.303 e. The first kappa shape index (κ1) is 20.5. The Balaban J connectivity index is 2.20. The number of hydrogen-bond donors (Lipinski definition) is 2.